The summed E-state index contributed by atoms with van der Waals surface area (Å²) in [5, 5.41) is 0. The molecule has 0 aliphatic carbocycles. The van der Waals surface area contributed by atoms with Gasteiger partial charge in [0.2, 0.25) is 0 Å². The van der Waals surface area contributed by atoms with Crippen molar-refractivity contribution in [1.29, 1.82) is 0 Å². The summed E-state index contributed by atoms with van der Waals surface area (Å²) >= 11 is 0. The normalized spacial score (nSPS) is 10.6. The molecule has 1 rings (SSSR count). The number of hydrogen-bond acceptors (Lipinski definition) is 3. The van der Waals surface area contributed by atoms with Gasteiger partial charge in [-0.1, -0.05) is 0 Å². The molecule has 1 aromatic rings. The van der Waals surface area contributed by atoms with Gasteiger partial charge in [-0.05, 0) is 20.8 Å². The topological polar surface area (TPSA) is 55.0 Å². The van der Waals surface area contributed by atoms with E-state index in [-0.39, 0.29) is 12.1 Å². The molecule has 0 aliphatic rings. The van der Waals surface area contributed by atoms with E-state index in [0.717, 1.165) is 11.5 Å². The molecule has 0 amide bonds. The van der Waals surface area contributed by atoms with E-state index in [0.29, 0.717) is 12.8 Å². The number of esters is 1. The molecule has 4 nitrogen and oxygen atoms in total. The van der Waals surface area contributed by atoms with E-state index in [1.54, 1.807) is 0 Å². The van der Waals surface area contributed by atoms with Crippen LogP contribution in [0.2, 0.25) is 0 Å². The molecule has 0 aromatic carbocycles. The fraction of sp³-hybridized carbons (Fsp3) is 0.600. The Labute approximate surface area is 83.7 Å². The Hall–Kier alpha value is -1.32. The number of ether oxygens (including phenoxy) is 1. The van der Waals surface area contributed by atoms with Crippen LogP contribution < -0.4 is 0 Å². The van der Waals surface area contributed by atoms with Gasteiger partial charge in [-0.2, -0.15) is 0 Å². The molecular formula is C10H15N2O2. The van der Waals surface area contributed by atoms with Crippen LogP contribution in [0.25, 0.3) is 0 Å². The molecule has 0 bridgehead atoms. The van der Waals surface area contributed by atoms with Crippen LogP contribution in [0.5, 0.6) is 0 Å². The number of carbonyl (C=O) groups excluding carboxylic acids is 1. The lowest BCUT2D eigenvalue weighted by molar-refractivity contribution is -0.147. The smallest absolute Gasteiger partial charge is 0.306 e. The SMILES string of the molecule is Cc1n[c]c(CCC(=O)OC(C)C)[nH]1. The van der Waals surface area contributed by atoms with Crippen LogP contribution in [0.1, 0.15) is 31.8 Å². The number of aromatic nitrogens is 2. The van der Waals surface area contributed by atoms with Gasteiger partial charge in [-0.25, -0.2) is 4.98 Å². The van der Waals surface area contributed by atoms with Crippen molar-refractivity contribution in [3.05, 3.63) is 17.7 Å². The number of rotatable bonds is 4. The van der Waals surface area contributed by atoms with Gasteiger partial charge in [0.15, 0.2) is 0 Å². The summed E-state index contributed by atoms with van der Waals surface area (Å²) in [5.74, 6) is 0.637. The van der Waals surface area contributed by atoms with E-state index < -0.39 is 0 Å². The van der Waals surface area contributed by atoms with Crippen molar-refractivity contribution in [3.63, 3.8) is 0 Å². The van der Waals surface area contributed by atoms with Crippen LogP contribution in [0.15, 0.2) is 0 Å². The van der Waals surface area contributed by atoms with E-state index in [9.17, 15) is 4.79 Å². The van der Waals surface area contributed by atoms with Gasteiger partial charge in [0.1, 0.15) is 12.0 Å². The highest BCUT2D eigenvalue weighted by atomic mass is 16.5. The van der Waals surface area contributed by atoms with Crippen molar-refractivity contribution in [2.75, 3.05) is 0 Å². The number of carbonyl (C=O) groups is 1. The zero-order valence-electron chi connectivity index (χ0n) is 8.76. The fourth-order valence-electron chi connectivity index (χ4n) is 1.09. The molecule has 0 aliphatic heterocycles. The maximum Gasteiger partial charge on any atom is 0.306 e. The van der Waals surface area contributed by atoms with E-state index in [2.05, 4.69) is 16.2 Å². The first-order valence-corrected chi connectivity index (χ1v) is 4.70. The number of hydrogen-bond donors (Lipinski definition) is 1. The highest BCUT2D eigenvalue weighted by molar-refractivity contribution is 5.69. The van der Waals surface area contributed by atoms with Gasteiger partial charge in [0.05, 0.1) is 12.5 Å². The molecule has 1 heterocycles. The van der Waals surface area contributed by atoms with Gasteiger partial charge < -0.3 is 9.72 Å². The highest BCUT2D eigenvalue weighted by Gasteiger charge is 2.06. The minimum atomic E-state index is -0.180. The molecule has 1 N–H and O–H groups in total. The molecule has 4 heteroatoms. The zero-order chi connectivity index (χ0) is 10.6. The van der Waals surface area contributed by atoms with Crippen LogP contribution in [0.3, 0.4) is 0 Å². The zero-order valence-corrected chi connectivity index (χ0v) is 8.76. The minimum absolute atomic E-state index is 0.0463. The minimum Gasteiger partial charge on any atom is -0.463 e. The lowest BCUT2D eigenvalue weighted by Crippen LogP contribution is -2.11. The van der Waals surface area contributed by atoms with Crippen LogP contribution >= 0.6 is 0 Å². The Morgan fingerprint density at radius 3 is 2.86 bits per heavy atom. The maximum atomic E-state index is 11.2. The largest absolute Gasteiger partial charge is 0.463 e. The number of imidazole rings is 1. The van der Waals surface area contributed by atoms with Crippen LogP contribution in [0, 0.1) is 13.1 Å². The number of nitrogens with one attached hydrogen (secondary N) is 1. The lowest BCUT2D eigenvalue weighted by atomic mass is 10.2. The molecular weight excluding hydrogens is 180 g/mol. The first-order chi connectivity index (χ1) is 6.58. The number of aromatic amines is 1. The molecule has 1 radical (unpaired) electrons. The first-order valence-electron chi connectivity index (χ1n) is 4.70. The molecule has 0 unspecified atom stereocenters. The van der Waals surface area contributed by atoms with Crippen molar-refractivity contribution >= 4 is 5.97 Å². The summed E-state index contributed by atoms with van der Waals surface area (Å²) in [6, 6.07) is 0. The second-order valence-electron chi connectivity index (χ2n) is 3.45. The Balaban J connectivity index is 2.30. The van der Waals surface area contributed by atoms with Gasteiger partial charge in [0, 0.05) is 12.1 Å². The molecule has 1 aromatic heterocycles. The van der Waals surface area contributed by atoms with Gasteiger partial charge in [-0.3, -0.25) is 4.79 Å². The van der Waals surface area contributed by atoms with Crippen molar-refractivity contribution < 1.29 is 9.53 Å². The van der Waals surface area contributed by atoms with Crippen molar-refractivity contribution in [2.45, 2.75) is 39.7 Å². The summed E-state index contributed by atoms with van der Waals surface area (Å²) in [5.41, 5.74) is 0.850. The molecule has 14 heavy (non-hydrogen) atoms. The van der Waals surface area contributed by atoms with Gasteiger partial charge >= 0.3 is 5.97 Å². The standard InChI is InChI=1S/C10H15N2O2/c1-7(2)14-10(13)5-4-9-6-11-8(3)12-9/h7H,4-5H2,1-3H3,(H,11,12). The van der Waals surface area contributed by atoms with E-state index >= 15 is 0 Å². The van der Waals surface area contributed by atoms with Gasteiger partial charge in [-0.15, -0.1) is 0 Å². The van der Waals surface area contributed by atoms with Crippen molar-refractivity contribution in [3.8, 4) is 0 Å². The summed E-state index contributed by atoms with van der Waals surface area (Å²) in [6.45, 7) is 5.53. The van der Waals surface area contributed by atoms with Gasteiger partial charge in [0.25, 0.3) is 0 Å². The van der Waals surface area contributed by atoms with Crippen LogP contribution in [-0.2, 0) is 16.0 Å². The van der Waals surface area contributed by atoms with E-state index in [4.69, 9.17) is 4.74 Å². The van der Waals surface area contributed by atoms with Crippen LogP contribution in [-0.4, -0.2) is 22.0 Å². The Bertz CT molecular complexity index is 305. The predicted molar refractivity (Wildman–Crippen MR) is 51.7 cm³/mol. The van der Waals surface area contributed by atoms with Crippen molar-refractivity contribution in [1.82, 2.24) is 9.97 Å². The Kier molecular flexibility index (Phi) is 3.68. The first kappa shape index (κ1) is 10.8. The lowest BCUT2D eigenvalue weighted by Gasteiger charge is -2.06. The van der Waals surface area contributed by atoms with E-state index in [1.807, 2.05) is 20.8 Å². The predicted octanol–water partition coefficient (Wildman–Crippen LogP) is 1.40. The quantitative estimate of drug-likeness (QED) is 0.739. The fourth-order valence-corrected chi connectivity index (χ4v) is 1.09. The highest BCUT2D eigenvalue weighted by Crippen LogP contribution is 2.01. The van der Waals surface area contributed by atoms with Crippen LogP contribution in [0.4, 0.5) is 0 Å². The monoisotopic (exact) mass is 195 g/mol. The Morgan fingerprint density at radius 2 is 2.36 bits per heavy atom. The molecule has 0 atom stereocenters. The molecule has 0 spiro atoms. The number of aryl methyl sites for hydroxylation is 2. The molecule has 77 valence electrons. The third-order valence-electron chi connectivity index (χ3n) is 1.64. The second kappa shape index (κ2) is 4.79. The Morgan fingerprint density at radius 1 is 1.64 bits per heavy atom. The molecule has 0 saturated carbocycles. The van der Waals surface area contributed by atoms with Crippen molar-refractivity contribution in [2.24, 2.45) is 0 Å². The third-order valence-corrected chi connectivity index (χ3v) is 1.64. The number of H-pyrrole nitrogens is 1. The summed E-state index contributed by atoms with van der Waals surface area (Å²) in [4.78, 5) is 18.1. The van der Waals surface area contributed by atoms with E-state index in [1.165, 1.54) is 0 Å². The second-order valence-corrected chi connectivity index (χ2v) is 3.45. The molecule has 0 fully saturated rings. The average molecular weight is 195 g/mol. The average Bonchev–Trinajstić information content (AvgIpc) is 2.47. The molecule has 0 saturated heterocycles. The number of nitrogens with zero attached hydrogens (tertiary/aromatic N) is 1. The summed E-state index contributed by atoms with van der Waals surface area (Å²) < 4.78 is 4.99. The summed E-state index contributed by atoms with van der Waals surface area (Å²) in [7, 11) is 0. The maximum absolute atomic E-state index is 11.2. The summed E-state index contributed by atoms with van der Waals surface area (Å²) in [6.07, 6.45) is 3.73. The third kappa shape index (κ3) is 3.60.